The SMILES string of the molecule is COC(=O)C1CCC(c2ccccc2)=NN1c1ccc(OC)cc1. The summed E-state index contributed by atoms with van der Waals surface area (Å²) >= 11 is 0. The minimum Gasteiger partial charge on any atom is -0.497 e. The molecule has 1 aliphatic heterocycles. The average molecular weight is 324 g/mol. The average Bonchev–Trinajstić information content (AvgIpc) is 2.67. The van der Waals surface area contributed by atoms with Crippen molar-refractivity contribution >= 4 is 17.4 Å². The smallest absolute Gasteiger partial charge is 0.330 e. The van der Waals surface area contributed by atoms with Crippen LogP contribution in [-0.4, -0.2) is 31.9 Å². The molecule has 0 radical (unpaired) electrons. The number of esters is 1. The molecule has 0 fully saturated rings. The van der Waals surface area contributed by atoms with Gasteiger partial charge < -0.3 is 9.47 Å². The summed E-state index contributed by atoms with van der Waals surface area (Å²) in [5.41, 5.74) is 2.87. The van der Waals surface area contributed by atoms with Gasteiger partial charge in [0.05, 0.1) is 25.6 Å². The standard InChI is InChI=1S/C19H20N2O3/c1-23-16-10-8-15(9-11-16)21-18(19(22)24-2)13-12-17(20-21)14-6-4-3-5-7-14/h3-11,18H,12-13H2,1-2H3. The van der Waals surface area contributed by atoms with E-state index in [4.69, 9.17) is 14.6 Å². The zero-order chi connectivity index (χ0) is 16.9. The van der Waals surface area contributed by atoms with Crippen LogP contribution >= 0.6 is 0 Å². The zero-order valence-electron chi connectivity index (χ0n) is 13.8. The fraction of sp³-hybridized carbons (Fsp3) is 0.263. The van der Waals surface area contributed by atoms with E-state index < -0.39 is 6.04 Å². The Morgan fingerprint density at radius 3 is 2.42 bits per heavy atom. The maximum atomic E-state index is 12.2. The number of hydrogen-bond acceptors (Lipinski definition) is 5. The van der Waals surface area contributed by atoms with Crippen molar-refractivity contribution in [3.8, 4) is 5.75 Å². The number of carbonyl (C=O) groups excluding carboxylic acids is 1. The van der Waals surface area contributed by atoms with Gasteiger partial charge in [0, 0.05) is 0 Å². The molecule has 0 N–H and O–H groups in total. The molecular weight excluding hydrogens is 304 g/mol. The third-order valence-corrected chi connectivity index (χ3v) is 4.10. The fourth-order valence-electron chi connectivity index (χ4n) is 2.80. The molecule has 124 valence electrons. The van der Waals surface area contributed by atoms with Gasteiger partial charge >= 0.3 is 5.97 Å². The maximum absolute atomic E-state index is 12.2. The molecule has 0 aliphatic carbocycles. The van der Waals surface area contributed by atoms with Crippen LogP contribution < -0.4 is 9.75 Å². The first-order chi connectivity index (χ1) is 11.7. The number of ether oxygens (including phenoxy) is 2. The van der Waals surface area contributed by atoms with Gasteiger partial charge in [0.2, 0.25) is 0 Å². The Morgan fingerprint density at radius 1 is 1.08 bits per heavy atom. The van der Waals surface area contributed by atoms with Gasteiger partial charge in [-0.05, 0) is 42.7 Å². The number of rotatable bonds is 4. The summed E-state index contributed by atoms with van der Waals surface area (Å²) in [6.45, 7) is 0. The Hall–Kier alpha value is -2.82. The van der Waals surface area contributed by atoms with Gasteiger partial charge in [-0.25, -0.2) is 4.79 Å². The van der Waals surface area contributed by atoms with Crippen LogP contribution in [0.15, 0.2) is 59.7 Å². The topological polar surface area (TPSA) is 51.1 Å². The van der Waals surface area contributed by atoms with Gasteiger partial charge in [0.15, 0.2) is 6.04 Å². The second-order valence-corrected chi connectivity index (χ2v) is 5.53. The van der Waals surface area contributed by atoms with E-state index in [2.05, 4.69) is 0 Å². The van der Waals surface area contributed by atoms with E-state index in [9.17, 15) is 4.79 Å². The van der Waals surface area contributed by atoms with Crippen LogP contribution in [0.3, 0.4) is 0 Å². The predicted octanol–water partition coefficient (Wildman–Crippen LogP) is 3.24. The molecule has 5 heteroatoms. The van der Waals surface area contributed by atoms with Crippen molar-refractivity contribution in [3.63, 3.8) is 0 Å². The zero-order valence-corrected chi connectivity index (χ0v) is 13.8. The molecule has 1 aliphatic rings. The summed E-state index contributed by atoms with van der Waals surface area (Å²) in [5.74, 6) is 0.485. The minimum absolute atomic E-state index is 0.276. The van der Waals surface area contributed by atoms with Crippen molar-refractivity contribution in [2.24, 2.45) is 5.10 Å². The summed E-state index contributed by atoms with van der Waals surface area (Å²) in [6.07, 6.45) is 1.39. The molecule has 0 saturated carbocycles. The highest BCUT2D eigenvalue weighted by Gasteiger charge is 2.31. The lowest BCUT2D eigenvalue weighted by atomic mass is 10.00. The van der Waals surface area contributed by atoms with Crippen molar-refractivity contribution < 1.29 is 14.3 Å². The molecule has 0 amide bonds. The number of nitrogens with zero attached hydrogens (tertiary/aromatic N) is 2. The first-order valence-corrected chi connectivity index (χ1v) is 7.87. The Labute approximate surface area is 141 Å². The lowest BCUT2D eigenvalue weighted by Gasteiger charge is -2.32. The first-order valence-electron chi connectivity index (χ1n) is 7.87. The minimum atomic E-state index is -0.421. The molecule has 3 rings (SSSR count). The van der Waals surface area contributed by atoms with Crippen LogP contribution in [0.4, 0.5) is 5.69 Å². The van der Waals surface area contributed by atoms with Crippen LogP contribution in [0.5, 0.6) is 5.75 Å². The van der Waals surface area contributed by atoms with Crippen molar-refractivity contribution in [3.05, 3.63) is 60.2 Å². The van der Waals surface area contributed by atoms with E-state index in [0.29, 0.717) is 6.42 Å². The number of anilines is 1. The van der Waals surface area contributed by atoms with Crippen LogP contribution in [0.2, 0.25) is 0 Å². The summed E-state index contributed by atoms with van der Waals surface area (Å²) in [4.78, 5) is 12.2. The fourth-order valence-corrected chi connectivity index (χ4v) is 2.80. The highest BCUT2D eigenvalue weighted by Crippen LogP contribution is 2.28. The molecule has 1 heterocycles. The van der Waals surface area contributed by atoms with E-state index >= 15 is 0 Å². The number of benzene rings is 2. The van der Waals surface area contributed by atoms with Crippen molar-refractivity contribution in [1.82, 2.24) is 0 Å². The van der Waals surface area contributed by atoms with Crippen molar-refractivity contribution in [2.45, 2.75) is 18.9 Å². The normalized spacial score (nSPS) is 17.2. The third kappa shape index (κ3) is 3.25. The van der Waals surface area contributed by atoms with E-state index in [1.165, 1.54) is 7.11 Å². The van der Waals surface area contributed by atoms with Gasteiger partial charge in [0.25, 0.3) is 0 Å². The van der Waals surface area contributed by atoms with Crippen LogP contribution in [0.25, 0.3) is 0 Å². The van der Waals surface area contributed by atoms with Gasteiger partial charge in [-0.3, -0.25) is 5.01 Å². The maximum Gasteiger partial charge on any atom is 0.330 e. The Balaban J connectivity index is 1.98. The summed E-state index contributed by atoms with van der Waals surface area (Å²) in [6, 6.07) is 17.1. The van der Waals surface area contributed by atoms with Crippen LogP contribution in [0, 0.1) is 0 Å². The number of carbonyl (C=O) groups is 1. The lowest BCUT2D eigenvalue weighted by molar-refractivity contribution is -0.142. The predicted molar refractivity (Wildman–Crippen MR) is 93.5 cm³/mol. The van der Waals surface area contributed by atoms with E-state index in [1.54, 1.807) is 12.1 Å². The molecule has 2 aromatic rings. The van der Waals surface area contributed by atoms with E-state index in [0.717, 1.165) is 29.1 Å². The quantitative estimate of drug-likeness (QED) is 0.810. The molecule has 1 unspecified atom stereocenters. The molecule has 0 saturated heterocycles. The van der Waals surface area contributed by atoms with E-state index in [1.807, 2.05) is 54.6 Å². The Bertz CT molecular complexity index is 726. The summed E-state index contributed by atoms with van der Waals surface area (Å²) < 4.78 is 10.1. The van der Waals surface area contributed by atoms with Crippen LogP contribution in [-0.2, 0) is 9.53 Å². The second kappa shape index (κ2) is 7.17. The molecule has 1 atom stereocenters. The Morgan fingerprint density at radius 2 is 1.79 bits per heavy atom. The van der Waals surface area contributed by atoms with Crippen LogP contribution in [0.1, 0.15) is 18.4 Å². The highest BCUT2D eigenvalue weighted by atomic mass is 16.5. The first kappa shape index (κ1) is 16.1. The van der Waals surface area contributed by atoms with Gasteiger partial charge in [-0.15, -0.1) is 0 Å². The monoisotopic (exact) mass is 324 g/mol. The third-order valence-electron chi connectivity index (χ3n) is 4.10. The van der Waals surface area contributed by atoms with Gasteiger partial charge in [-0.2, -0.15) is 5.10 Å². The molecular formula is C19H20N2O3. The van der Waals surface area contributed by atoms with Gasteiger partial charge in [0.1, 0.15) is 5.75 Å². The number of hydrazone groups is 1. The summed E-state index contributed by atoms with van der Waals surface area (Å²) in [5, 5.41) is 6.48. The van der Waals surface area contributed by atoms with E-state index in [-0.39, 0.29) is 5.97 Å². The lowest BCUT2D eigenvalue weighted by Crippen LogP contribution is -2.42. The molecule has 5 nitrogen and oxygen atoms in total. The van der Waals surface area contributed by atoms with Crippen molar-refractivity contribution in [1.29, 1.82) is 0 Å². The van der Waals surface area contributed by atoms with Gasteiger partial charge in [-0.1, -0.05) is 30.3 Å². The Kier molecular flexibility index (Phi) is 4.79. The van der Waals surface area contributed by atoms with Crippen molar-refractivity contribution in [2.75, 3.05) is 19.2 Å². The second-order valence-electron chi connectivity index (χ2n) is 5.53. The number of methoxy groups -OCH3 is 2. The molecule has 24 heavy (non-hydrogen) atoms. The summed E-state index contributed by atoms with van der Waals surface area (Å²) in [7, 11) is 3.03. The number of hydrogen-bond donors (Lipinski definition) is 0. The highest BCUT2D eigenvalue weighted by molar-refractivity contribution is 6.02. The molecule has 2 aromatic carbocycles. The molecule has 0 bridgehead atoms. The largest absolute Gasteiger partial charge is 0.497 e. The molecule has 0 aromatic heterocycles. The molecule has 0 spiro atoms.